The van der Waals surface area contributed by atoms with Crippen LogP contribution in [0.15, 0.2) is 48.5 Å². The zero-order valence-electron chi connectivity index (χ0n) is 16.0. The number of nitrogens with zero attached hydrogens (tertiary/aromatic N) is 1. The number of nitrogens with one attached hydrogen (secondary N) is 1. The average molecular weight is 394 g/mol. The standard InChI is InChI=1S/C22H22N2O3S/c1-13-8-10-16(11-9-13)22-23-15(3)20(28-22)21(27)24-18(12-19(25)26)17-7-5-4-6-14(17)2/h4-11,18H,12H2,1-3H3,(H,24,27)(H,25,26)/t18-/m0/s1. The minimum Gasteiger partial charge on any atom is -0.481 e. The van der Waals surface area contributed by atoms with Crippen LogP contribution in [0.2, 0.25) is 0 Å². The van der Waals surface area contributed by atoms with Gasteiger partial charge in [0.2, 0.25) is 0 Å². The van der Waals surface area contributed by atoms with Crippen molar-refractivity contribution in [2.45, 2.75) is 33.2 Å². The van der Waals surface area contributed by atoms with Crippen LogP contribution in [-0.2, 0) is 4.79 Å². The first-order valence-electron chi connectivity index (χ1n) is 8.98. The molecule has 1 aromatic heterocycles. The molecular weight excluding hydrogens is 372 g/mol. The Hall–Kier alpha value is -2.99. The Morgan fingerprint density at radius 1 is 1.07 bits per heavy atom. The molecule has 28 heavy (non-hydrogen) atoms. The highest BCUT2D eigenvalue weighted by Crippen LogP contribution is 2.29. The predicted molar refractivity (Wildman–Crippen MR) is 111 cm³/mol. The van der Waals surface area contributed by atoms with Crippen LogP contribution in [0.1, 0.15) is 44.5 Å². The third kappa shape index (κ3) is 4.46. The van der Waals surface area contributed by atoms with Crippen LogP contribution in [0, 0.1) is 20.8 Å². The van der Waals surface area contributed by atoms with E-state index in [9.17, 15) is 14.7 Å². The summed E-state index contributed by atoms with van der Waals surface area (Å²) in [4.78, 5) is 29.3. The van der Waals surface area contributed by atoms with Crippen molar-refractivity contribution < 1.29 is 14.7 Å². The second-order valence-electron chi connectivity index (χ2n) is 6.78. The van der Waals surface area contributed by atoms with E-state index in [1.165, 1.54) is 11.3 Å². The van der Waals surface area contributed by atoms with Gasteiger partial charge in [0.05, 0.1) is 18.2 Å². The molecule has 0 bridgehead atoms. The van der Waals surface area contributed by atoms with Crippen molar-refractivity contribution >= 4 is 23.2 Å². The van der Waals surface area contributed by atoms with Gasteiger partial charge >= 0.3 is 5.97 Å². The van der Waals surface area contributed by atoms with Crippen molar-refractivity contribution in [3.63, 3.8) is 0 Å². The molecule has 2 aromatic carbocycles. The number of hydrogen-bond donors (Lipinski definition) is 2. The molecule has 1 atom stereocenters. The van der Waals surface area contributed by atoms with Gasteiger partial charge < -0.3 is 10.4 Å². The quantitative estimate of drug-likeness (QED) is 0.636. The lowest BCUT2D eigenvalue weighted by molar-refractivity contribution is -0.137. The van der Waals surface area contributed by atoms with E-state index < -0.39 is 12.0 Å². The molecule has 0 unspecified atom stereocenters. The van der Waals surface area contributed by atoms with Gasteiger partial charge in [0.15, 0.2) is 0 Å². The van der Waals surface area contributed by atoms with Gasteiger partial charge in [-0.25, -0.2) is 4.98 Å². The van der Waals surface area contributed by atoms with Crippen LogP contribution in [-0.4, -0.2) is 22.0 Å². The summed E-state index contributed by atoms with van der Waals surface area (Å²) in [7, 11) is 0. The van der Waals surface area contributed by atoms with Crippen LogP contribution < -0.4 is 5.32 Å². The summed E-state index contributed by atoms with van der Waals surface area (Å²) in [6, 6.07) is 14.9. The maximum atomic E-state index is 12.9. The first-order chi connectivity index (χ1) is 13.3. The van der Waals surface area contributed by atoms with Crippen molar-refractivity contribution in [1.82, 2.24) is 10.3 Å². The molecule has 144 valence electrons. The molecule has 5 nitrogen and oxygen atoms in total. The first kappa shape index (κ1) is 19.8. The van der Waals surface area contributed by atoms with E-state index in [1.54, 1.807) is 6.92 Å². The van der Waals surface area contributed by atoms with Crippen molar-refractivity contribution in [2.24, 2.45) is 0 Å². The lowest BCUT2D eigenvalue weighted by Gasteiger charge is -2.19. The van der Waals surface area contributed by atoms with Gasteiger partial charge in [-0.05, 0) is 31.9 Å². The molecule has 0 aliphatic heterocycles. The molecular formula is C22H22N2O3S. The molecule has 0 spiro atoms. The maximum Gasteiger partial charge on any atom is 0.305 e. The van der Waals surface area contributed by atoms with Gasteiger partial charge in [-0.2, -0.15) is 0 Å². The van der Waals surface area contributed by atoms with Crippen molar-refractivity contribution in [2.75, 3.05) is 0 Å². The first-order valence-corrected chi connectivity index (χ1v) is 9.79. The zero-order chi connectivity index (χ0) is 20.3. The van der Waals surface area contributed by atoms with Gasteiger partial charge in [0, 0.05) is 5.56 Å². The molecule has 0 aliphatic rings. The van der Waals surface area contributed by atoms with E-state index in [-0.39, 0.29) is 12.3 Å². The van der Waals surface area contributed by atoms with Crippen molar-refractivity contribution in [3.05, 3.63) is 75.8 Å². The van der Waals surface area contributed by atoms with E-state index in [4.69, 9.17) is 0 Å². The van der Waals surface area contributed by atoms with Gasteiger partial charge in [-0.3, -0.25) is 9.59 Å². The summed E-state index contributed by atoms with van der Waals surface area (Å²) in [6.45, 7) is 5.72. The topological polar surface area (TPSA) is 79.3 Å². The van der Waals surface area contributed by atoms with Crippen LogP contribution in [0.5, 0.6) is 0 Å². The monoisotopic (exact) mass is 394 g/mol. The summed E-state index contributed by atoms with van der Waals surface area (Å²) in [6.07, 6.45) is -0.181. The fourth-order valence-electron chi connectivity index (χ4n) is 3.04. The summed E-state index contributed by atoms with van der Waals surface area (Å²) >= 11 is 1.32. The summed E-state index contributed by atoms with van der Waals surface area (Å²) in [5, 5.41) is 12.9. The Bertz CT molecular complexity index is 1010. The SMILES string of the molecule is Cc1ccc(-c2nc(C)c(C(=O)N[C@@H](CC(=O)O)c3ccccc3C)s2)cc1. The number of aryl methyl sites for hydroxylation is 3. The smallest absolute Gasteiger partial charge is 0.305 e. The molecule has 1 heterocycles. The summed E-state index contributed by atoms with van der Waals surface area (Å²) in [5.41, 5.74) is 4.50. The highest BCUT2D eigenvalue weighted by atomic mass is 32.1. The molecule has 0 saturated carbocycles. The Balaban J connectivity index is 1.87. The van der Waals surface area contributed by atoms with E-state index in [2.05, 4.69) is 10.3 Å². The van der Waals surface area contributed by atoms with E-state index in [0.717, 1.165) is 27.3 Å². The Labute approximate surface area is 168 Å². The third-order valence-corrected chi connectivity index (χ3v) is 5.75. The van der Waals surface area contributed by atoms with Gasteiger partial charge in [-0.15, -0.1) is 11.3 Å². The largest absolute Gasteiger partial charge is 0.481 e. The zero-order valence-corrected chi connectivity index (χ0v) is 16.8. The van der Waals surface area contributed by atoms with Crippen LogP contribution in [0.25, 0.3) is 10.6 Å². The van der Waals surface area contributed by atoms with E-state index in [1.807, 2.05) is 62.4 Å². The fourth-order valence-corrected chi connectivity index (χ4v) is 4.02. The third-order valence-electron chi connectivity index (χ3n) is 4.55. The van der Waals surface area contributed by atoms with Gasteiger partial charge in [0.1, 0.15) is 9.88 Å². The molecule has 0 saturated heterocycles. The number of carboxylic acids is 1. The van der Waals surface area contributed by atoms with Crippen LogP contribution in [0.4, 0.5) is 0 Å². The van der Waals surface area contributed by atoms with E-state index in [0.29, 0.717) is 10.6 Å². The number of thiazole rings is 1. The van der Waals surface area contributed by atoms with Crippen LogP contribution in [0.3, 0.4) is 0 Å². The normalized spacial score (nSPS) is 11.8. The molecule has 0 radical (unpaired) electrons. The highest BCUT2D eigenvalue weighted by molar-refractivity contribution is 7.17. The van der Waals surface area contributed by atoms with Crippen molar-refractivity contribution in [1.29, 1.82) is 0 Å². The lowest BCUT2D eigenvalue weighted by atomic mass is 9.98. The number of benzene rings is 2. The number of aromatic nitrogens is 1. The fraction of sp³-hybridized carbons (Fsp3) is 0.227. The number of carbonyl (C=O) groups is 2. The summed E-state index contributed by atoms with van der Waals surface area (Å²) in [5.74, 6) is -1.27. The molecule has 3 rings (SSSR count). The highest BCUT2D eigenvalue weighted by Gasteiger charge is 2.23. The summed E-state index contributed by atoms with van der Waals surface area (Å²) < 4.78 is 0. The second-order valence-corrected chi connectivity index (χ2v) is 7.78. The number of hydrogen-bond acceptors (Lipinski definition) is 4. The Morgan fingerprint density at radius 3 is 2.39 bits per heavy atom. The second kappa shape index (κ2) is 8.35. The number of rotatable bonds is 6. The minimum atomic E-state index is -0.963. The number of carboxylic acid groups (broad SMARTS) is 1. The average Bonchev–Trinajstić information content (AvgIpc) is 3.03. The van der Waals surface area contributed by atoms with Crippen LogP contribution >= 0.6 is 11.3 Å². The predicted octanol–water partition coefficient (Wildman–Crippen LogP) is 4.68. The molecule has 3 aromatic rings. The van der Waals surface area contributed by atoms with E-state index >= 15 is 0 Å². The molecule has 2 N–H and O–H groups in total. The number of aliphatic carboxylic acids is 1. The number of amides is 1. The van der Waals surface area contributed by atoms with Gasteiger partial charge in [0.25, 0.3) is 5.91 Å². The maximum absolute atomic E-state index is 12.9. The molecule has 0 fully saturated rings. The molecule has 1 amide bonds. The Morgan fingerprint density at radius 2 is 1.75 bits per heavy atom. The molecule has 6 heteroatoms. The Kier molecular flexibility index (Phi) is 5.90. The lowest BCUT2D eigenvalue weighted by Crippen LogP contribution is -2.30. The van der Waals surface area contributed by atoms with Crippen molar-refractivity contribution in [3.8, 4) is 10.6 Å². The minimum absolute atomic E-state index is 0.181. The number of carbonyl (C=O) groups excluding carboxylic acids is 1. The van der Waals surface area contributed by atoms with Gasteiger partial charge in [-0.1, -0.05) is 54.1 Å². The molecule has 0 aliphatic carbocycles.